The molecule has 2 heterocycles. The second kappa shape index (κ2) is 10.1. The van der Waals surface area contributed by atoms with Gasteiger partial charge in [0.25, 0.3) is 0 Å². The first-order valence-corrected chi connectivity index (χ1v) is 12.0. The number of nitrogens with zero attached hydrogens (tertiary/aromatic N) is 1. The maximum atomic E-state index is 13.1. The van der Waals surface area contributed by atoms with Crippen molar-refractivity contribution >= 4 is 17.5 Å². The number of rotatable bonds is 7. The highest BCUT2D eigenvalue weighted by Crippen LogP contribution is 2.27. The third kappa shape index (κ3) is 5.86. The number of piperidine rings is 1. The fraction of sp³-hybridized carbons (Fsp3) is 0.680. The van der Waals surface area contributed by atoms with Crippen molar-refractivity contribution < 1.29 is 14.3 Å². The van der Waals surface area contributed by atoms with Crippen LogP contribution < -0.4 is 10.6 Å². The molecule has 0 unspecified atom stereocenters. The molecule has 0 aromatic heterocycles. The van der Waals surface area contributed by atoms with Crippen molar-refractivity contribution in [3.63, 3.8) is 0 Å². The van der Waals surface area contributed by atoms with Crippen LogP contribution in [0.25, 0.3) is 0 Å². The predicted octanol–water partition coefficient (Wildman–Crippen LogP) is 3.00. The largest absolute Gasteiger partial charge is 0.376 e. The minimum Gasteiger partial charge on any atom is -0.376 e. The highest BCUT2D eigenvalue weighted by atomic mass is 16.5. The number of aryl methyl sites for hydroxylation is 2. The predicted molar refractivity (Wildman–Crippen MR) is 122 cm³/mol. The van der Waals surface area contributed by atoms with Crippen LogP contribution in [0.15, 0.2) is 18.2 Å². The second-order valence-electron chi connectivity index (χ2n) is 9.95. The van der Waals surface area contributed by atoms with Gasteiger partial charge in [0.15, 0.2) is 0 Å². The standard InChI is InChI=1S/C25H37N3O3/c1-17(2)14-28-15-20(24(29)26-13-23-7-4-10-31-23)11-21(16-28)25(30)27-22-9-8-18-5-3-6-19(18)12-22/h8-9,12,17,20-21,23H,3-7,10-11,13-16H2,1-2H3,(H,26,29)(H,27,30)/t20-,21+,23+/m0/s1. The van der Waals surface area contributed by atoms with Crippen molar-refractivity contribution in [3.8, 4) is 0 Å². The van der Waals surface area contributed by atoms with Crippen LogP contribution in [-0.2, 0) is 27.2 Å². The number of ether oxygens (including phenoxy) is 1. The summed E-state index contributed by atoms with van der Waals surface area (Å²) in [7, 11) is 0. The summed E-state index contributed by atoms with van der Waals surface area (Å²) in [6, 6.07) is 6.29. The lowest BCUT2D eigenvalue weighted by molar-refractivity contribution is -0.130. The lowest BCUT2D eigenvalue weighted by Gasteiger charge is -2.37. The number of carbonyl (C=O) groups is 2. The number of anilines is 1. The van der Waals surface area contributed by atoms with Crippen LogP contribution in [0.3, 0.4) is 0 Å². The molecule has 1 aromatic carbocycles. The Hall–Kier alpha value is -1.92. The Morgan fingerprint density at radius 1 is 1.10 bits per heavy atom. The van der Waals surface area contributed by atoms with Gasteiger partial charge < -0.3 is 20.3 Å². The molecule has 3 atom stereocenters. The zero-order chi connectivity index (χ0) is 21.8. The first kappa shape index (κ1) is 22.3. The summed E-state index contributed by atoms with van der Waals surface area (Å²) in [6.07, 6.45) is 6.24. The molecule has 1 aliphatic carbocycles. The molecule has 0 saturated carbocycles. The Morgan fingerprint density at radius 2 is 1.87 bits per heavy atom. The zero-order valence-electron chi connectivity index (χ0n) is 19.0. The van der Waals surface area contributed by atoms with E-state index in [1.807, 2.05) is 6.07 Å². The van der Waals surface area contributed by atoms with Crippen molar-refractivity contribution in [2.45, 2.75) is 58.5 Å². The normalized spacial score (nSPS) is 26.1. The van der Waals surface area contributed by atoms with Gasteiger partial charge in [0.1, 0.15) is 0 Å². The molecule has 6 heteroatoms. The smallest absolute Gasteiger partial charge is 0.228 e. The van der Waals surface area contributed by atoms with Gasteiger partial charge in [-0.25, -0.2) is 0 Å². The second-order valence-corrected chi connectivity index (χ2v) is 9.95. The minimum atomic E-state index is -0.181. The van der Waals surface area contributed by atoms with E-state index in [9.17, 15) is 9.59 Å². The molecule has 170 valence electrons. The van der Waals surface area contributed by atoms with Gasteiger partial charge in [-0.05, 0) is 67.7 Å². The van der Waals surface area contributed by atoms with Gasteiger partial charge >= 0.3 is 0 Å². The van der Waals surface area contributed by atoms with E-state index in [4.69, 9.17) is 4.74 Å². The molecule has 2 fully saturated rings. The van der Waals surface area contributed by atoms with Gasteiger partial charge in [-0.2, -0.15) is 0 Å². The molecule has 1 aromatic rings. The number of hydrogen-bond donors (Lipinski definition) is 2. The maximum Gasteiger partial charge on any atom is 0.228 e. The summed E-state index contributed by atoms with van der Waals surface area (Å²) in [5.41, 5.74) is 3.64. The number of fused-ring (bicyclic) bond motifs is 1. The van der Waals surface area contributed by atoms with E-state index in [1.54, 1.807) is 0 Å². The molecule has 2 N–H and O–H groups in total. The summed E-state index contributed by atoms with van der Waals surface area (Å²) in [6.45, 7) is 8.06. The molecule has 31 heavy (non-hydrogen) atoms. The van der Waals surface area contributed by atoms with Crippen LogP contribution in [0.1, 0.15) is 50.7 Å². The summed E-state index contributed by atoms with van der Waals surface area (Å²) in [5.74, 6) is 0.237. The average Bonchev–Trinajstić information content (AvgIpc) is 3.42. The molecule has 2 saturated heterocycles. The number of likely N-dealkylation sites (tertiary alicyclic amines) is 1. The number of amides is 2. The molecule has 0 bridgehead atoms. The Bertz CT molecular complexity index is 788. The van der Waals surface area contributed by atoms with E-state index in [-0.39, 0.29) is 29.8 Å². The molecular weight excluding hydrogens is 390 g/mol. The van der Waals surface area contributed by atoms with Crippen molar-refractivity contribution in [2.75, 3.05) is 38.1 Å². The molecule has 2 aliphatic heterocycles. The topological polar surface area (TPSA) is 70.7 Å². The number of benzene rings is 1. The fourth-order valence-corrected chi connectivity index (χ4v) is 5.29. The number of nitrogens with one attached hydrogen (secondary N) is 2. The van der Waals surface area contributed by atoms with Crippen molar-refractivity contribution in [1.82, 2.24) is 10.2 Å². The van der Waals surface area contributed by atoms with Gasteiger partial charge in [0.2, 0.25) is 11.8 Å². The molecule has 3 aliphatic rings. The first-order chi connectivity index (χ1) is 15.0. The van der Waals surface area contributed by atoms with Crippen LogP contribution in [0.5, 0.6) is 0 Å². The lowest BCUT2D eigenvalue weighted by atomic mass is 9.87. The van der Waals surface area contributed by atoms with E-state index in [0.29, 0.717) is 25.4 Å². The van der Waals surface area contributed by atoms with Crippen molar-refractivity contribution in [3.05, 3.63) is 29.3 Å². The van der Waals surface area contributed by atoms with E-state index in [0.717, 1.165) is 51.1 Å². The average molecular weight is 428 g/mol. The Kier molecular flexibility index (Phi) is 7.28. The van der Waals surface area contributed by atoms with Crippen molar-refractivity contribution in [2.24, 2.45) is 17.8 Å². The van der Waals surface area contributed by atoms with Crippen LogP contribution in [0, 0.1) is 17.8 Å². The van der Waals surface area contributed by atoms with E-state index >= 15 is 0 Å². The molecule has 4 rings (SSSR count). The quantitative estimate of drug-likeness (QED) is 0.702. The highest BCUT2D eigenvalue weighted by molar-refractivity contribution is 5.93. The summed E-state index contributed by atoms with van der Waals surface area (Å²) in [5, 5.41) is 6.22. The van der Waals surface area contributed by atoms with E-state index in [2.05, 4.69) is 41.5 Å². The number of hydrogen-bond acceptors (Lipinski definition) is 4. The van der Waals surface area contributed by atoms with Crippen LogP contribution in [0.2, 0.25) is 0 Å². The maximum absolute atomic E-state index is 13.1. The van der Waals surface area contributed by atoms with Gasteiger partial charge in [0.05, 0.1) is 17.9 Å². The van der Waals surface area contributed by atoms with Gasteiger partial charge in [-0.1, -0.05) is 19.9 Å². The zero-order valence-corrected chi connectivity index (χ0v) is 19.0. The third-order valence-electron chi connectivity index (χ3n) is 6.79. The van der Waals surface area contributed by atoms with Crippen LogP contribution in [-0.4, -0.2) is 55.6 Å². The van der Waals surface area contributed by atoms with Crippen molar-refractivity contribution in [1.29, 1.82) is 0 Å². The van der Waals surface area contributed by atoms with E-state index in [1.165, 1.54) is 17.5 Å². The van der Waals surface area contributed by atoms with Gasteiger partial charge in [-0.3, -0.25) is 9.59 Å². The summed E-state index contributed by atoms with van der Waals surface area (Å²) in [4.78, 5) is 28.3. The molecule has 2 amide bonds. The van der Waals surface area contributed by atoms with Crippen LogP contribution in [0.4, 0.5) is 5.69 Å². The molecule has 0 radical (unpaired) electrons. The van der Waals surface area contributed by atoms with Crippen LogP contribution >= 0.6 is 0 Å². The van der Waals surface area contributed by atoms with E-state index < -0.39 is 0 Å². The number of carbonyl (C=O) groups excluding carboxylic acids is 2. The molecular formula is C25H37N3O3. The minimum absolute atomic E-state index is 0.0309. The van der Waals surface area contributed by atoms with Gasteiger partial charge in [-0.15, -0.1) is 0 Å². The highest BCUT2D eigenvalue weighted by Gasteiger charge is 2.35. The fourth-order valence-electron chi connectivity index (χ4n) is 5.29. The van der Waals surface area contributed by atoms with Gasteiger partial charge in [0, 0.05) is 38.5 Å². The molecule has 0 spiro atoms. The SMILES string of the molecule is CC(C)CN1C[C@@H](C(=O)NC[C@H]2CCCO2)C[C@@H](C(=O)Nc2ccc3c(c2)CCC3)C1. The Labute approximate surface area is 186 Å². The summed E-state index contributed by atoms with van der Waals surface area (Å²) < 4.78 is 5.63. The molecule has 6 nitrogen and oxygen atoms in total. The lowest BCUT2D eigenvalue weighted by Crippen LogP contribution is -2.50. The first-order valence-electron chi connectivity index (χ1n) is 12.0. The Morgan fingerprint density at radius 3 is 2.61 bits per heavy atom. The third-order valence-corrected chi connectivity index (χ3v) is 6.79. The Balaban J connectivity index is 1.38. The monoisotopic (exact) mass is 427 g/mol. The summed E-state index contributed by atoms with van der Waals surface area (Å²) >= 11 is 0.